The first-order valence-electron chi connectivity index (χ1n) is 4.45. The van der Waals surface area contributed by atoms with Crippen molar-refractivity contribution in [2.24, 2.45) is 0 Å². The Kier molecular flexibility index (Phi) is 3.11. The highest BCUT2D eigenvalue weighted by atomic mass is 32.2. The smallest absolute Gasteiger partial charge is 0.258 e. The van der Waals surface area contributed by atoms with Gasteiger partial charge in [-0.2, -0.15) is 0 Å². The van der Waals surface area contributed by atoms with E-state index in [0.717, 1.165) is 0 Å². The van der Waals surface area contributed by atoms with Crippen molar-refractivity contribution < 1.29 is 4.92 Å². The lowest BCUT2D eigenvalue weighted by Gasteiger charge is -1.99. The Morgan fingerprint density at radius 3 is 2.62 bits per heavy atom. The zero-order valence-electron chi connectivity index (χ0n) is 8.11. The summed E-state index contributed by atoms with van der Waals surface area (Å²) in [7, 11) is 0. The normalized spacial score (nSPS) is 10.0. The van der Waals surface area contributed by atoms with E-state index in [4.69, 9.17) is 0 Å². The quantitative estimate of drug-likeness (QED) is 0.601. The van der Waals surface area contributed by atoms with Gasteiger partial charge in [0.2, 0.25) is 0 Å². The molecule has 5 nitrogen and oxygen atoms in total. The molecule has 0 saturated heterocycles. The van der Waals surface area contributed by atoms with Gasteiger partial charge in [-0.3, -0.25) is 10.1 Å². The minimum atomic E-state index is -0.446. The first kappa shape index (κ1) is 10.6. The van der Waals surface area contributed by atoms with Crippen LogP contribution in [0.15, 0.2) is 52.8 Å². The second-order valence-electron chi connectivity index (χ2n) is 2.85. The molecule has 2 heterocycles. The van der Waals surface area contributed by atoms with Crippen molar-refractivity contribution in [1.29, 1.82) is 0 Å². The molecule has 0 aliphatic carbocycles. The fourth-order valence-electron chi connectivity index (χ4n) is 1.11. The zero-order valence-corrected chi connectivity index (χ0v) is 8.92. The van der Waals surface area contributed by atoms with Crippen LogP contribution in [0, 0.1) is 10.1 Å². The van der Waals surface area contributed by atoms with Gasteiger partial charge in [-0.25, -0.2) is 9.97 Å². The van der Waals surface area contributed by atoms with E-state index >= 15 is 0 Å². The Hall–Kier alpha value is -1.95. The molecule has 0 unspecified atom stereocenters. The van der Waals surface area contributed by atoms with E-state index < -0.39 is 4.92 Å². The summed E-state index contributed by atoms with van der Waals surface area (Å²) in [6, 6.07) is 8.36. The second kappa shape index (κ2) is 4.71. The van der Waals surface area contributed by atoms with Crippen LogP contribution in [0.3, 0.4) is 0 Å². The van der Waals surface area contributed by atoms with E-state index in [1.807, 2.05) is 6.07 Å². The average Bonchev–Trinajstić information content (AvgIpc) is 2.31. The summed E-state index contributed by atoms with van der Waals surface area (Å²) in [6.45, 7) is 0. The van der Waals surface area contributed by atoms with Gasteiger partial charge in [0.05, 0.1) is 4.92 Å². The molecule has 80 valence electrons. The van der Waals surface area contributed by atoms with Crippen LogP contribution < -0.4 is 0 Å². The highest BCUT2D eigenvalue weighted by molar-refractivity contribution is 7.99. The molecule has 0 radical (unpaired) electrons. The Bertz CT molecular complexity index is 504. The van der Waals surface area contributed by atoms with Gasteiger partial charge in [-0.05, 0) is 30.0 Å². The Morgan fingerprint density at radius 2 is 1.94 bits per heavy atom. The predicted octanol–water partition coefficient (Wildman–Crippen LogP) is 2.54. The summed E-state index contributed by atoms with van der Waals surface area (Å²) in [5.41, 5.74) is -0.00171. The molecule has 0 spiro atoms. The van der Waals surface area contributed by atoms with Gasteiger partial charge in [0, 0.05) is 18.5 Å². The minimum Gasteiger partial charge on any atom is -0.258 e. The molecule has 0 aliphatic rings. The maximum absolute atomic E-state index is 10.7. The first-order chi connectivity index (χ1) is 7.77. The molecule has 0 N–H and O–H groups in total. The number of nitrogens with zero attached hydrogens (tertiary/aromatic N) is 3. The summed E-state index contributed by atoms with van der Waals surface area (Å²) in [5.74, 6) is 0. The largest absolute Gasteiger partial charge is 0.301 e. The van der Waals surface area contributed by atoms with Crippen LogP contribution in [0.25, 0.3) is 0 Å². The fraction of sp³-hybridized carbons (Fsp3) is 0. The Morgan fingerprint density at radius 1 is 1.12 bits per heavy atom. The first-order valence-corrected chi connectivity index (χ1v) is 5.27. The molecule has 2 aromatic heterocycles. The molecule has 0 aromatic carbocycles. The van der Waals surface area contributed by atoms with E-state index in [0.29, 0.717) is 10.1 Å². The topological polar surface area (TPSA) is 68.9 Å². The van der Waals surface area contributed by atoms with Crippen LogP contribution in [0.5, 0.6) is 0 Å². The van der Waals surface area contributed by atoms with Crippen molar-refractivity contribution in [3.05, 3.63) is 52.8 Å². The van der Waals surface area contributed by atoms with Crippen LogP contribution >= 0.6 is 11.8 Å². The van der Waals surface area contributed by atoms with Crippen molar-refractivity contribution in [3.63, 3.8) is 0 Å². The van der Waals surface area contributed by atoms with Crippen LogP contribution in [0.1, 0.15) is 0 Å². The van der Waals surface area contributed by atoms with Crippen molar-refractivity contribution in [1.82, 2.24) is 9.97 Å². The standard InChI is InChI=1S/C10H7N3O2S/c14-13(15)8-4-3-7-12-10(8)16-9-5-1-2-6-11-9/h1-7H. The van der Waals surface area contributed by atoms with Crippen LogP contribution in [0.2, 0.25) is 0 Å². The molecule has 6 heteroatoms. The molecule has 2 rings (SSSR count). The van der Waals surface area contributed by atoms with E-state index in [-0.39, 0.29) is 5.69 Å². The molecule has 0 fully saturated rings. The third-order valence-corrected chi connectivity index (χ3v) is 2.75. The number of hydrogen-bond acceptors (Lipinski definition) is 5. The van der Waals surface area contributed by atoms with Gasteiger partial charge in [0.25, 0.3) is 0 Å². The van der Waals surface area contributed by atoms with Crippen molar-refractivity contribution >= 4 is 17.4 Å². The lowest BCUT2D eigenvalue weighted by atomic mass is 10.4. The SMILES string of the molecule is O=[N+]([O-])c1cccnc1Sc1ccccn1. The molecule has 0 bridgehead atoms. The van der Waals surface area contributed by atoms with Crippen LogP contribution in [-0.4, -0.2) is 14.9 Å². The van der Waals surface area contributed by atoms with Gasteiger partial charge in [0.1, 0.15) is 5.03 Å². The van der Waals surface area contributed by atoms with Crippen LogP contribution in [-0.2, 0) is 0 Å². The highest BCUT2D eigenvalue weighted by Gasteiger charge is 2.15. The van der Waals surface area contributed by atoms with Crippen molar-refractivity contribution in [2.75, 3.05) is 0 Å². The molecule has 0 saturated carbocycles. The average molecular weight is 233 g/mol. The molecule has 2 aromatic rings. The molecule has 16 heavy (non-hydrogen) atoms. The fourth-order valence-corrected chi connectivity index (χ4v) is 1.93. The maximum atomic E-state index is 10.7. The second-order valence-corrected chi connectivity index (χ2v) is 3.86. The molecular weight excluding hydrogens is 226 g/mol. The van der Waals surface area contributed by atoms with E-state index in [9.17, 15) is 10.1 Å². The summed E-state index contributed by atoms with van der Waals surface area (Å²) in [5, 5.41) is 11.8. The molecule has 0 aliphatic heterocycles. The highest BCUT2D eigenvalue weighted by Crippen LogP contribution is 2.30. The van der Waals surface area contributed by atoms with Gasteiger partial charge in [-0.15, -0.1) is 0 Å². The van der Waals surface area contributed by atoms with E-state index in [1.54, 1.807) is 24.4 Å². The van der Waals surface area contributed by atoms with Crippen molar-refractivity contribution in [3.8, 4) is 0 Å². The van der Waals surface area contributed by atoms with Crippen LogP contribution in [0.4, 0.5) is 5.69 Å². The van der Waals surface area contributed by atoms with Gasteiger partial charge >= 0.3 is 5.69 Å². The number of rotatable bonds is 3. The third-order valence-electron chi connectivity index (χ3n) is 1.79. The van der Waals surface area contributed by atoms with Gasteiger partial charge in [0.15, 0.2) is 5.03 Å². The van der Waals surface area contributed by atoms with E-state index in [1.165, 1.54) is 24.0 Å². The lowest BCUT2D eigenvalue weighted by molar-refractivity contribution is -0.388. The Labute approximate surface area is 95.7 Å². The van der Waals surface area contributed by atoms with Gasteiger partial charge < -0.3 is 0 Å². The summed E-state index contributed by atoms with van der Waals surface area (Å²) >= 11 is 1.18. The summed E-state index contributed by atoms with van der Waals surface area (Å²) in [6.07, 6.45) is 3.16. The lowest BCUT2D eigenvalue weighted by Crippen LogP contribution is -1.92. The molecule has 0 atom stereocenters. The molecule has 0 amide bonds. The Balaban J connectivity index is 2.31. The molecular formula is C10H7N3O2S. The third kappa shape index (κ3) is 2.34. The monoisotopic (exact) mass is 233 g/mol. The number of aromatic nitrogens is 2. The number of pyridine rings is 2. The summed E-state index contributed by atoms with van der Waals surface area (Å²) in [4.78, 5) is 18.3. The minimum absolute atomic E-state index is 0.00171. The number of hydrogen-bond donors (Lipinski definition) is 0. The van der Waals surface area contributed by atoms with E-state index in [2.05, 4.69) is 9.97 Å². The van der Waals surface area contributed by atoms with Gasteiger partial charge in [-0.1, -0.05) is 6.07 Å². The maximum Gasteiger partial charge on any atom is 0.301 e. The number of nitro groups is 1. The predicted molar refractivity (Wildman–Crippen MR) is 59.3 cm³/mol. The zero-order chi connectivity index (χ0) is 11.4. The summed E-state index contributed by atoms with van der Waals surface area (Å²) < 4.78 is 0. The van der Waals surface area contributed by atoms with Crippen molar-refractivity contribution in [2.45, 2.75) is 10.1 Å².